The van der Waals surface area contributed by atoms with Gasteiger partial charge in [0.25, 0.3) is 0 Å². The van der Waals surface area contributed by atoms with Crippen LogP contribution in [0.5, 0.6) is 0 Å². The molecule has 132 valence electrons. The van der Waals surface area contributed by atoms with Crippen molar-refractivity contribution in [2.24, 2.45) is 0 Å². The fourth-order valence-electron chi connectivity index (χ4n) is 2.62. The van der Waals surface area contributed by atoms with Gasteiger partial charge in [0, 0.05) is 36.3 Å². The summed E-state index contributed by atoms with van der Waals surface area (Å²) in [4.78, 5) is 18.7. The molecule has 0 bridgehead atoms. The Labute approximate surface area is 147 Å². The summed E-state index contributed by atoms with van der Waals surface area (Å²) in [5, 5.41) is 4.84. The standard InChI is InChI=1S/C17H16F3N3OS/c18-17(19,20)12-3-5-15(21-10-12)23-8-7-13(11-23)22-16(24)6-4-14-2-1-9-25-14/h1-6,9-10,13H,7-8,11H2,(H,22,24)/b6-4+. The third-order valence-electron chi connectivity index (χ3n) is 3.88. The number of rotatable bonds is 4. The van der Waals surface area contributed by atoms with Gasteiger partial charge < -0.3 is 10.2 Å². The third-order valence-corrected chi connectivity index (χ3v) is 4.71. The molecule has 8 heteroatoms. The molecule has 1 unspecified atom stereocenters. The summed E-state index contributed by atoms with van der Waals surface area (Å²) < 4.78 is 37.7. The van der Waals surface area contributed by atoms with Crippen molar-refractivity contribution in [3.63, 3.8) is 0 Å². The summed E-state index contributed by atoms with van der Waals surface area (Å²) in [5.74, 6) is 0.305. The van der Waals surface area contributed by atoms with Crippen LogP contribution in [0.2, 0.25) is 0 Å². The first-order valence-corrected chi connectivity index (χ1v) is 8.60. The van der Waals surface area contributed by atoms with E-state index in [0.29, 0.717) is 18.9 Å². The average molecular weight is 367 g/mol. The minimum absolute atomic E-state index is 0.0513. The van der Waals surface area contributed by atoms with E-state index in [2.05, 4.69) is 10.3 Å². The van der Waals surface area contributed by atoms with Gasteiger partial charge in [0.2, 0.25) is 5.91 Å². The highest BCUT2D eigenvalue weighted by molar-refractivity contribution is 7.10. The van der Waals surface area contributed by atoms with Gasteiger partial charge in [-0.25, -0.2) is 4.98 Å². The SMILES string of the molecule is O=C(/C=C/c1cccs1)NC1CCN(c2ccc(C(F)(F)F)cn2)C1. The van der Waals surface area contributed by atoms with Crippen molar-refractivity contribution >= 4 is 29.1 Å². The van der Waals surface area contributed by atoms with Gasteiger partial charge in [-0.05, 0) is 36.1 Å². The molecule has 3 heterocycles. The molecule has 0 aliphatic carbocycles. The second-order valence-electron chi connectivity index (χ2n) is 5.69. The van der Waals surface area contributed by atoms with Crippen molar-refractivity contribution in [1.29, 1.82) is 0 Å². The number of hydrogen-bond donors (Lipinski definition) is 1. The molecule has 4 nitrogen and oxygen atoms in total. The number of hydrogen-bond acceptors (Lipinski definition) is 4. The van der Waals surface area contributed by atoms with E-state index in [-0.39, 0.29) is 11.9 Å². The lowest BCUT2D eigenvalue weighted by Gasteiger charge is -2.18. The van der Waals surface area contributed by atoms with Gasteiger partial charge in [0.05, 0.1) is 5.56 Å². The number of nitrogens with zero attached hydrogens (tertiary/aromatic N) is 2. The van der Waals surface area contributed by atoms with E-state index < -0.39 is 11.7 Å². The molecule has 0 aromatic carbocycles. The monoisotopic (exact) mass is 367 g/mol. The van der Waals surface area contributed by atoms with E-state index in [1.54, 1.807) is 17.4 Å². The smallest absolute Gasteiger partial charge is 0.354 e. The van der Waals surface area contributed by atoms with Gasteiger partial charge >= 0.3 is 6.18 Å². The summed E-state index contributed by atoms with van der Waals surface area (Å²) in [7, 11) is 0. The second-order valence-corrected chi connectivity index (χ2v) is 6.67. The number of amides is 1. The molecule has 1 aliphatic heterocycles. The van der Waals surface area contributed by atoms with Crippen LogP contribution in [0.1, 0.15) is 16.9 Å². The molecule has 2 aromatic rings. The highest BCUT2D eigenvalue weighted by atomic mass is 32.1. The number of anilines is 1. The van der Waals surface area contributed by atoms with Crippen LogP contribution in [0, 0.1) is 0 Å². The van der Waals surface area contributed by atoms with E-state index >= 15 is 0 Å². The first kappa shape index (κ1) is 17.5. The normalized spacial score (nSPS) is 18.0. The summed E-state index contributed by atoms with van der Waals surface area (Å²) >= 11 is 1.54. The van der Waals surface area contributed by atoms with E-state index in [9.17, 15) is 18.0 Å². The fourth-order valence-corrected chi connectivity index (χ4v) is 3.24. The average Bonchev–Trinajstić information content (AvgIpc) is 3.24. The number of carbonyl (C=O) groups excluding carboxylic acids is 1. The quantitative estimate of drug-likeness (QED) is 0.841. The minimum atomic E-state index is -4.39. The highest BCUT2D eigenvalue weighted by Crippen LogP contribution is 2.29. The predicted molar refractivity (Wildman–Crippen MR) is 91.4 cm³/mol. The first-order valence-electron chi connectivity index (χ1n) is 7.72. The number of carbonyl (C=O) groups is 1. The Morgan fingerprint density at radius 1 is 1.36 bits per heavy atom. The zero-order valence-electron chi connectivity index (χ0n) is 13.2. The lowest BCUT2D eigenvalue weighted by Crippen LogP contribution is -2.36. The molecule has 25 heavy (non-hydrogen) atoms. The molecular formula is C17H16F3N3OS. The zero-order valence-corrected chi connectivity index (χ0v) is 14.0. The molecule has 1 amide bonds. The number of pyridine rings is 1. The van der Waals surface area contributed by atoms with Crippen LogP contribution in [0.4, 0.5) is 19.0 Å². The van der Waals surface area contributed by atoms with E-state index in [4.69, 9.17) is 0 Å². The van der Waals surface area contributed by atoms with Gasteiger partial charge in [0.1, 0.15) is 5.82 Å². The van der Waals surface area contributed by atoms with Crippen LogP contribution in [0.25, 0.3) is 6.08 Å². The largest absolute Gasteiger partial charge is 0.417 e. The topological polar surface area (TPSA) is 45.2 Å². The molecule has 1 aliphatic rings. The van der Waals surface area contributed by atoms with Crippen molar-refractivity contribution in [1.82, 2.24) is 10.3 Å². The molecule has 2 aromatic heterocycles. The van der Waals surface area contributed by atoms with E-state index in [0.717, 1.165) is 23.6 Å². The van der Waals surface area contributed by atoms with E-state index in [1.807, 2.05) is 22.4 Å². The minimum Gasteiger partial charge on any atom is -0.354 e. The summed E-state index contributed by atoms with van der Waals surface area (Å²) in [6.45, 7) is 1.16. The molecule has 0 saturated carbocycles. The molecule has 0 spiro atoms. The van der Waals surface area contributed by atoms with Crippen molar-refractivity contribution in [2.45, 2.75) is 18.6 Å². The van der Waals surface area contributed by atoms with E-state index in [1.165, 1.54) is 12.1 Å². The molecule has 3 rings (SSSR count). The highest BCUT2D eigenvalue weighted by Gasteiger charge is 2.31. The molecular weight excluding hydrogens is 351 g/mol. The fraction of sp³-hybridized carbons (Fsp3) is 0.294. The number of nitrogens with one attached hydrogen (secondary N) is 1. The van der Waals surface area contributed by atoms with Crippen LogP contribution in [-0.2, 0) is 11.0 Å². The number of thiophene rings is 1. The van der Waals surface area contributed by atoms with Gasteiger partial charge in [-0.2, -0.15) is 13.2 Å². The molecule has 1 N–H and O–H groups in total. The van der Waals surface area contributed by atoms with Crippen LogP contribution >= 0.6 is 11.3 Å². The third kappa shape index (κ3) is 4.60. The summed E-state index contributed by atoms with van der Waals surface area (Å²) in [6, 6.07) is 6.17. The summed E-state index contributed by atoms with van der Waals surface area (Å²) in [6.07, 6.45) is 0.420. The van der Waals surface area contributed by atoms with Crippen molar-refractivity contribution < 1.29 is 18.0 Å². The molecule has 1 atom stereocenters. The van der Waals surface area contributed by atoms with Crippen molar-refractivity contribution in [3.05, 3.63) is 52.4 Å². The molecule has 1 saturated heterocycles. The van der Waals surface area contributed by atoms with Gasteiger partial charge in [-0.3, -0.25) is 4.79 Å². The number of aromatic nitrogens is 1. The van der Waals surface area contributed by atoms with Crippen LogP contribution in [0.3, 0.4) is 0 Å². The maximum atomic E-state index is 12.6. The maximum absolute atomic E-state index is 12.6. The lowest BCUT2D eigenvalue weighted by atomic mass is 10.2. The lowest BCUT2D eigenvalue weighted by molar-refractivity contribution is -0.137. The van der Waals surface area contributed by atoms with Crippen LogP contribution in [0.15, 0.2) is 41.9 Å². The Hall–Kier alpha value is -2.35. The number of halogens is 3. The molecule has 0 radical (unpaired) electrons. The van der Waals surface area contributed by atoms with Crippen molar-refractivity contribution in [3.8, 4) is 0 Å². The predicted octanol–water partition coefficient (Wildman–Crippen LogP) is 3.57. The van der Waals surface area contributed by atoms with Crippen LogP contribution < -0.4 is 10.2 Å². The number of alkyl halides is 3. The Kier molecular flexibility index (Phi) is 5.08. The summed E-state index contributed by atoms with van der Waals surface area (Å²) in [5.41, 5.74) is -0.765. The molecule has 1 fully saturated rings. The zero-order chi connectivity index (χ0) is 17.9. The first-order chi connectivity index (χ1) is 11.9. The Bertz CT molecular complexity index is 741. The van der Waals surface area contributed by atoms with Crippen molar-refractivity contribution in [2.75, 3.05) is 18.0 Å². The Morgan fingerprint density at radius 3 is 2.84 bits per heavy atom. The Morgan fingerprint density at radius 2 is 2.20 bits per heavy atom. The van der Waals surface area contributed by atoms with Gasteiger partial charge in [-0.1, -0.05) is 6.07 Å². The van der Waals surface area contributed by atoms with Gasteiger partial charge in [0.15, 0.2) is 0 Å². The second kappa shape index (κ2) is 7.26. The Balaban J connectivity index is 1.54. The van der Waals surface area contributed by atoms with Gasteiger partial charge in [-0.15, -0.1) is 11.3 Å². The maximum Gasteiger partial charge on any atom is 0.417 e. The van der Waals surface area contributed by atoms with Crippen LogP contribution in [-0.4, -0.2) is 30.0 Å².